The normalized spacial score (nSPS) is 30.6. The summed E-state index contributed by atoms with van der Waals surface area (Å²) in [7, 11) is 0. The van der Waals surface area contributed by atoms with E-state index in [1.165, 1.54) is 4.90 Å². The highest BCUT2D eigenvalue weighted by Gasteiger charge is 2.60. The Hall–Kier alpha value is -0.780. The fraction of sp³-hybridized carbons (Fsp3) is 0.923. The molecule has 1 unspecified atom stereocenters. The van der Waals surface area contributed by atoms with Gasteiger partial charge in [0.25, 0.3) is 0 Å². The highest BCUT2D eigenvalue weighted by atomic mass is 19.4. The number of halogens is 3. The fourth-order valence-electron chi connectivity index (χ4n) is 3.44. The lowest BCUT2D eigenvalue weighted by Crippen LogP contribution is -2.44. The molecule has 1 aliphatic heterocycles. The van der Waals surface area contributed by atoms with E-state index >= 15 is 0 Å². The van der Waals surface area contributed by atoms with Gasteiger partial charge in [0.1, 0.15) is 0 Å². The van der Waals surface area contributed by atoms with Crippen molar-refractivity contribution in [1.82, 2.24) is 10.2 Å². The van der Waals surface area contributed by atoms with Gasteiger partial charge >= 0.3 is 6.18 Å². The maximum Gasteiger partial charge on any atom is 0.390 e. The van der Waals surface area contributed by atoms with Crippen LogP contribution in [0.3, 0.4) is 0 Å². The minimum Gasteiger partial charge on any atom is -0.325 e. The van der Waals surface area contributed by atoms with E-state index in [0.717, 1.165) is 38.5 Å². The van der Waals surface area contributed by atoms with Crippen molar-refractivity contribution in [1.29, 1.82) is 0 Å². The third-order valence-corrected chi connectivity index (χ3v) is 4.66. The van der Waals surface area contributed by atoms with E-state index in [0.29, 0.717) is 5.92 Å². The summed E-state index contributed by atoms with van der Waals surface area (Å²) in [5.41, 5.74) is -0.501. The Morgan fingerprint density at radius 1 is 1.26 bits per heavy atom. The van der Waals surface area contributed by atoms with Crippen LogP contribution in [0.5, 0.6) is 0 Å². The number of carbonyl (C=O) groups excluding carboxylic acids is 1. The zero-order chi connectivity index (χ0) is 13.7. The molecule has 2 saturated carbocycles. The SMILES string of the molecule is O=C1N(CCC(F)(F)F)C(C2CCCC2)NC12CC2. The van der Waals surface area contributed by atoms with Gasteiger partial charge in [-0.3, -0.25) is 10.1 Å². The number of carbonyl (C=O) groups is 1. The van der Waals surface area contributed by atoms with Crippen LogP contribution in [0.1, 0.15) is 44.9 Å². The number of rotatable bonds is 3. The van der Waals surface area contributed by atoms with E-state index in [-0.39, 0.29) is 18.6 Å². The van der Waals surface area contributed by atoms with Gasteiger partial charge in [0.2, 0.25) is 5.91 Å². The molecule has 19 heavy (non-hydrogen) atoms. The lowest BCUT2D eigenvalue weighted by Gasteiger charge is -2.29. The maximum atomic E-state index is 12.4. The Labute approximate surface area is 110 Å². The summed E-state index contributed by atoms with van der Waals surface area (Å²) in [5.74, 6) is 0.228. The van der Waals surface area contributed by atoms with Crippen molar-refractivity contribution < 1.29 is 18.0 Å². The van der Waals surface area contributed by atoms with Crippen molar-refractivity contribution >= 4 is 5.91 Å². The predicted octanol–water partition coefficient (Wildman–Crippen LogP) is 2.42. The number of nitrogens with one attached hydrogen (secondary N) is 1. The topological polar surface area (TPSA) is 32.3 Å². The van der Waals surface area contributed by atoms with Crippen molar-refractivity contribution in [3.05, 3.63) is 0 Å². The molecule has 3 fully saturated rings. The average molecular weight is 276 g/mol. The Morgan fingerprint density at radius 2 is 1.89 bits per heavy atom. The van der Waals surface area contributed by atoms with Gasteiger partial charge in [0.15, 0.2) is 0 Å². The van der Waals surface area contributed by atoms with Gasteiger partial charge in [-0.05, 0) is 31.6 Å². The molecule has 0 bridgehead atoms. The van der Waals surface area contributed by atoms with E-state index in [9.17, 15) is 18.0 Å². The van der Waals surface area contributed by atoms with Crippen LogP contribution < -0.4 is 5.32 Å². The van der Waals surface area contributed by atoms with E-state index in [4.69, 9.17) is 0 Å². The second-order valence-corrected chi connectivity index (χ2v) is 6.08. The molecule has 0 aromatic rings. The lowest BCUT2D eigenvalue weighted by atomic mass is 10.0. The third kappa shape index (κ3) is 2.47. The minimum absolute atomic E-state index is 0.103. The quantitative estimate of drug-likeness (QED) is 0.858. The number of nitrogens with zero attached hydrogens (tertiary/aromatic N) is 1. The molecule has 2 aliphatic carbocycles. The van der Waals surface area contributed by atoms with Gasteiger partial charge in [0.05, 0.1) is 18.1 Å². The van der Waals surface area contributed by atoms with Crippen LogP contribution in [0, 0.1) is 5.92 Å². The first kappa shape index (κ1) is 13.2. The monoisotopic (exact) mass is 276 g/mol. The molecule has 6 heteroatoms. The van der Waals surface area contributed by atoms with E-state index < -0.39 is 18.1 Å². The molecule has 3 rings (SSSR count). The first-order valence-electron chi connectivity index (χ1n) is 7.07. The molecular weight excluding hydrogens is 257 g/mol. The molecule has 1 heterocycles. The molecule has 0 aromatic heterocycles. The summed E-state index contributed by atoms with van der Waals surface area (Å²) in [5, 5.41) is 3.33. The number of alkyl halides is 3. The van der Waals surface area contributed by atoms with Crippen LogP contribution in [0.4, 0.5) is 13.2 Å². The molecule has 1 saturated heterocycles. The van der Waals surface area contributed by atoms with Crippen LogP contribution in [-0.4, -0.2) is 35.2 Å². The molecule has 1 amide bonds. The Balaban J connectivity index is 1.71. The second kappa shape index (κ2) is 4.36. The maximum absolute atomic E-state index is 12.4. The summed E-state index contributed by atoms with van der Waals surface area (Å²) in [4.78, 5) is 13.7. The van der Waals surface area contributed by atoms with E-state index in [1.54, 1.807) is 0 Å². The summed E-state index contributed by atoms with van der Waals surface area (Å²) in [6, 6.07) is 0. The zero-order valence-corrected chi connectivity index (χ0v) is 10.8. The molecule has 1 spiro atoms. The standard InChI is InChI=1S/C13H19F3N2O/c14-13(15,16)7-8-18-10(9-3-1-2-4-9)17-12(5-6-12)11(18)19/h9-10,17H,1-8H2. The van der Waals surface area contributed by atoms with E-state index in [1.807, 2.05) is 0 Å². The second-order valence-electron chi connectivity index (χ2n) is 6.08. The molecule has 3 aliphatic rings. The Bertz CT molecular complexity index is 373. The Kier molecular flexibility index (Phi) is 3.04. The fourth-order valence-corrected chi connectivity index (χ4v) is 3.44. The lowest BCUT2D eigenvalue weighted by molar-refractivity contribution is -0.146. The van der Waals surface area contributed by atoms with Crippen LogP contribution in [0.25, 0.3) is 0 Å². The first-order valence-corrected chi connectivity index (χ1v) is 7.07. The summed E-state index contributed by atoms with van der Waals surface area (Å²) in [6.07, 6.45) is 0.565. The van der Waals surface area contributed by atoms with Gasteiger partial charge in [0, 0.05) is 6.54 Å². The van der Waals surface area contributed by atoms with Crippen LogP contribution >= 0.6 is 0 Å². The minimum atomic E-state index is -4.19. The molecule has 1 atom stereocenters. The molecular formula is C13H19F3N2O. The smallest absolute Gasteiger partial charge is 0.325 e. The van der Waals surface area contributed by atoms with Gasteiger partial charge in [-0.1, -0.05) is 12.8 Å². The predicted molar refractivity (Wildman–Crippen MR) is 63.2 cm³/mol. The van der Waals surface area contributed by atoms with Gasteiger partial charge < -0.3 is 4.90 Å². The van der Waals surface area contributed by atoms with Crippen molar-refractivity contribution in [3.63, 3.8) is 0 Å². The molecule has 1 N–H and O–H groups in total. The number of hydrogen-bond donors (Lipinski definition) is 1. The average Bonchev–Trinajstić information content (AvgIpc) is 2.81. The van der Waals surface area contributed by atoms with Gasteiger partial charge in [-0.25, -0.2) is 0 Å². The largest absolute Gasteiger partial charge is 0.390 e. The van der Waals surface area contributed by atoms with Crippen LogP contribution in [0.15, 0.2) is 0 Å². The van der Waals surface area contributed by atoms with Crippen molar-refractivity contribution in [2.24, 2.45) is 5.92 Å². The zero-order valence-electron chi connectivity index (χ0n) is 10.8. The molecule has 108 valence electrons. The number of amides is 1. The third-order valence-electron chi connectivity index (χ3n) is 4.66. The van der Waals surface area contributed by atoms with Crippen molar-refractivity contribution in [2.45, 2.75) is 62.8 Å². The highest BCUT2D eigenvalue weighted by Crippen LogP contribution is 2.45. The van der Waals surface area contributed by atoms with Crippen LogP contribution in [0.2, 0.25) is 0 Å². The molecule has 0 aromatic carbocycles. The first-order chi connectivity index (χ1) is 8.91. The summed E-state index contributed by atoms with van der Waals surface area (Å²) < 4.78 is 37.2. The van der Waals surface area contributed by atoms with Crippen molar-refractivity contribution in [3.8, 4) is 0 Å². The molecule has 0 radical (unpaired) electrons. The van der Waals surface area contributed by atoms with Crippen molar-refractivity contribution in [2.75, 3.05) is 6.54 Å². The Morgan fingerprint density at radius 3 is 2.42 bits per heavy atom. The van der Waals surface area contributed by atoms with Gasteiger partial charge in [-0.15, -0.1) is 0 Å². The summed E-state index contributed by atoms with van der Waals surface area (Å²) in [6.45, 7) is -0.196. The van der Waals surface area contributed by atoms with Gasteiger partial charge in [-0.2, -0.15) is 13.2 Å². The number of hydrogen-bond acceptors (Lipinski definition) is 2. The molecule has 3 nitrogen and oxygen atoms in total. The van der Waals surface area contributed by atoms with E-state index in [2.05, 4.69) is 5.32 Å². The van der Waals surface area contributed by atoms with Crippen LogP contribution in [-0.2, 0) is 4.79 Å². The highest BCUT2D eigenvalue weighted by molar-refractivity contribution is 5.91. The summed E-state index contributed by atoms with van der Waals surface area (Å²) >= 11 is 0.